The second kappa shape index (κ2) is 8.38. The van der Waals surface area contributed by atoms with E-state index in [0.29, 0.717) is 30.2 Å². The van der Waals surface area contributed by atoms with E-state index < -0.39 is 0 Å². The van der Waals surface area contributed by atoms with Crippen LogP contribution in [0.25, 0.3) is 0 Å². The highest BCUT2D eigenvalue weighted by molar-refractivity contribution is 5.78. The van der Waals surface area contributed by atoms with Crippen LogP contribution in [0.5, 0.6) is 11.5 Å². The molecule has 0 N–H and O–H groups in total. The van der Waals surface area contributed by atoms with Crippen molar-refractivity contribution in [3.05, 3.63) is 54.1 Å². The van der Waals surface area contributed by atoms with E-state index in [2.05, 4.69) is 4.90 Å². The number of anilines is 1. The second-order valence-corrected chi connectivity index (χ2v) is 6.02. The predicted octanol–water partition coefficient (Wildman–Crippen LogP) is 2.24. The molecule has 2 aromatic rings. The highest BCUT2D eigenvalue weighted by Gasteiger charge is 2.22. The van der Waals surface area contributed by atoms with E-state index in [-0.39, 0.29) is 12.5 Å². The first kappa shape index (κ1) is 17.8. The average Bonchev–Trinajstić information content (AvgIpc) is 2.72. The quantitative estimate of drug-likeness (QED) is 0.745. The fraction of sp³-hybridized carbons (Fsp3) is 0.300. The van der Waals surface area contributed by atoms with E-state index in [9.17, 15) is 9.59 Å². The molecular formula is C20H22N2O4. The maximum absolute atomic E-state index is 12.4. The van der Waals surface area contributed by atoms with E-state index >= 15 is 0 Å². The Balaban J connectivity index is 1.50. The van der Waals surface area contributed by atoms with Gasteiger partial charge in [0.2, 0.25) is 0 Å². The molecule has 6 nitrogen and oxygen atoms in total. The van der Waals surface area contributed by atoms with Gasteiger partial charge in [-0.2, -0.15) is 0 Å². The van der Waals surface area contributed by atoms with Gasteiger partial charge >= 0.3 is 0 Å². The first-order valence-electron chi connectivity index (χ1n) is 8.55. The van der Waals surface area contributed by atoms with Crippen LogP contribution in [0.4, 0.5) is 5.69 Å². The van der Waals surface area contributed by atoms with Crippen molar-refractivity contribution < 1.29 is 19.1 Å². The lowest BCUT2D eigenvalue weighted by molar-refractivity contribution is -0.133. The van der Waals surface area contributed by atoms with Crippen LogP contribution < -0.4 is 14.4 Å². The zero-order valence-electron chi connectivity index (χ0n) is 14.8. The predicted molar refractivity (Wildman–Crippen MR) is 99.1 cm³/mol. The molecule has 0 atom stereocenters. The van der Waals surface area contributed by atoms with Crippen LogP contribution in [0.2, 0.25) is 0 Å². The molecule has 0 unspecified atom stereocenters. The molecular weight excluding hydrogens is 332 g/mol. The number of piperazine rings is 1. The molecule has 1 aliphatic rings. The van der Waals surface area contributed by atoms with Gasteiger partial charge in [-0.25, -0.2) is 0 Å². The van der Waals surface area contributed by atoms with Gasteiger partial charge in [0.1, 0.15) is 6.29 Å². The standard InChI is InChI=1S/C20H22N2O4/c1-25-18-4-2-3-5-19(18)26-15-20(24)22-12-10-21(11-13-22)17-8-6-16(14-23)7-9-17/h2-9,14H,10-13,15H2,1H3. The Labute approximate surface area is 152 Å². The Bertz CT molecular complexity index is 753. The van der Waals surface area contributed by atoms with Crippen molar-refractivity contribution in [3.63, 3.8) is 0 Å². The summed E-state index contributed by atoms with van der Waals surface area (Å²) < 4.78 is 10.8. The minimum absolute atomic E-state index is 0.00555. The maximum atomic E-state index is 12.4. The van der Waals surface area contributed by atoms with Gasteiger partial charge in [-0.15, -0.1) is 0 Å². The number of para-hydroxylation sites is 2. The summed E-state index contributed by atoms with van der Waals surface area (Å²) >= 11 is 0. The summed E-state index contributed by atoms with van der Waals surface area (Å²) in [4.78, 5) is 27.2. The van der Waals surface area contributed by atoms with Crippen molar-refractivity contribution in [2.24, 2.45) is 0 Å². The summed E-state index contributed by atoms with van der Waals surface area (Å²) in [5.74, 6) is 1.15. The number of hydrogen-bond donors (Lipinski definition) is 0. The van der Waals surface area contributed by atoms with Gasteiger partial charge in [-0.3, -0.25) is 9.59 Å². The highest BCUT2D eigenvalue weighted by Crippen LogP contribution is 2.25. The van der Waals surface area contributed by atoms with Crippen LogP contribution in [0.1, 0.15) is 10.4 Å². The number of methoxy groups -OCH3 is 1. The van der Waals surface area contributed by atoms with Gasteiger partial charge in [0.05, 0.1) is 7.11 Å². The molecule has 0 radical (unpaired) electrons. The van der Waals surface area contributed by atoms with E-state index in [0.717, 1.165) is 25.1 Å². The normalized spacial score (nSPS) is 14.0. The van der Waals surface area contributed by atoms with Gasteiger partial charge in [0.25, 0.3) is 5.91 Å². The number of aldehydes is 1. The number of amides is 1. The van der Waals surface area contributed by atoms with Gasteiger partial charge in [0, 0.05) is 37.4 Å². The van der Waals surface area contributed by atoms with Gasteiger partial charge in [0.15, 0.2) is 18.1 Å². The molecule has 3 rings (SSSR count). The average molecular weight is 354 g/mol. The maximum Gasteiger partial charge on any atom is 0.260 e. The second-order valence-electron chi connectivity index (χ2n) is 6.02. The molecule has 6 heteroatoms. The van der Waals surface area contributed by atoms with E-state index in [1.807, 2.05) is 29.2 Å². The van der Waals surface area contributed by atoms with Crippen molar-refractivity contribution in [3.8, 4) is 11.5 Å². The molecule has 0 aliphatic carbocycles. The largest absolute Gasteiger partial charge is 0.493 e. The molecule has 1 amide bonds. The Morgan fingerprint density at radius 1 is 1.00 bits per heavy atom. The van der Waals surface area contributed by atoms with Crippen molar-refractivity contribution in [1.82, 2.24) is 4.90 Å². The van der Waals surface area contributed by atoms with E-state index in [1.54, 1.807) is 31.4 Å². The zero-order chi connectivity index (χ0) is 18.4. The van der Waals surface area contributed by atoms with Crippen LogP contribution in [-0.2, 0) is 4.79 Å². The first-order chi connectivity index (χ1) is 12.7. The Morgan fingerprint density at radius 3 is 2.27 bits per heavy atom. The summed E-state index contributed by atoms with van der Waals surface area (Å²) in [7, 11) is 1.57. The first-order valence-corrected chi connectivity index (χ1v) is 8.55. The van der Waals surface area contributed by atoms with Gasteiger partial charge in [-0.1, -0.05) is 12.1 Å². The molecule has 26 heavy (non-hydrogen) atoms. The van der Waals surface area contributed by atoms with Crippen LogP contribution in [0.3, 0.4) is 0 Å². The van der Waals surface area contributed by atoms with Crippen LogP contribution in [0.15, 0.2) is 48.5 Å². The lowest BCUT2D eigenvalue weighted by Gasteiger charge is -2.36. The molecule has 1 heterocycles. The SMILES string of the molecule is COc1ccccc1OCC(=O)N1CCN(c2ccc(C=O)cc2)CC1. The third kappa shape index (κ3) is 4.14. The van der Waals surface area contributed by atoms with Crippen LogP contribution >= 0.6 is 0 Å². The molecule has 2 aromatic carbocycles. The van der Waals surface area contributed by atoms with Crippen LogP contribution in [0, 0.1) is 0 Å². The number of rotatable bonds is 6. The minimum atomic E-state index is -0.0353. The van der Waals surface area contributed by atoms with Crippen molar-refractivity contribution in [1.29, 1.82) is 0 Å². The molecule has 0 aromatic heterocycles. The lowest BCUT2D eigenvalue weighted by Crippen LogP contribution is -2.50. The number of benzene rings is 2. The van der Waals surface area contributed by atoms with Crippen LogP contribution in [-0.4, -0.2) is 57.0 Å². The smallest absolute Gasteiger partial charge is 0.260 e. The number of nitrogens with zero attached hydrogens (tertiary/aromatic N) is 2. The summed E-state index contributed by atoms with van der Waals surface area (Å²) in [5, 5.41) is 0. The van der Waals surface area contributed by atoms with Gasteiger partial charge < -0.3 is 19.3 Å². The molecule has 0 saturated carbocycles. The summed E-state index contributed by atoms with van der Waals surface area (Å²) in [5.41, 5.74) is 1.73. The topological polar surface area (TPSA) is 59.1 Å². The summed E-state index contributed by atoms with van der Waals surface area (Å²) in [6, 6.07) is 14.8. The fourth-order valence-electron chi connectivity index (χ4n) is 2.95. The highest BCUT2D eigenvalue weighted by atomic mass is 16.5. The molecule has 0 spiro atoms. The van der Waals surface area contributed by atoms with E-state index in [4.69, 9.17) is 9.47 Å². The molecule has 1 saturated heterocycles. The minimum Gasteiger partial charge on any atom is -0.493 e. The Kier molecular flexibility index (Phi) is 5.73. The molecule has 1 aliphatic heterocycles. The monoisotopic (exact) mass is 354 g/mol. The van der Waals surface area contributed by atoms with Gasteiger partial charge in [-0.05, 0) is 36.4 Å². The van der Waals surface area contributed by atoms with Crippen molar-refractivity contribution in [2.45, 2.75) is 0 Å². The number of carbonyl (C=O) groups excluding carboxylic acids is 2. The number of hydrogen-bond acceptors (Lipinski definition) is 5. The zero-order valence-corrected chi connectivity index (χ0v) is 14.8. The van der Waals surface area contributed by atoms with E-state index in [1.165, 1.54) is 0 Å². The Morgan fingerprint density at radius 2 is 1.65 bits per heavy atom. The molecule has 1 fully saturated rings. The van der Waals surface area contributed by atoms with Crippen molar-refractivity contribution in [2.75, 3.05) is 44.8 Å². The van der Waals surface area contributed by atoms with Crippen molar-refractivity contribution >= 4 is 17.9 Å². The number of carbonyl (C=O) groups is 2. The summed E-state index contributed by atoms with van der Waals surface area (Å²) in [6.45, 7) is 2.78. The summed E-state index contributed by atoms with van der Waals surface area (Å²) in [6.07, 6.45) is 0.835. The third-order valence-corrected chi connectivity index (χ3v) is 4.45. The Hall–Kier alpha value is -3.02. The third-order valence-electron chi connectivity index (χ3n) is 4.45. The molecule has 136 valence electrons. The fourth-order valence-corrected chi connectivity index (χ4v) is 2.95. The number of ether oxygens (including phenoxy) is 2. The molecule has 0 bridgehead atoms. The lowest BCUT2D eigenvalue weighted by atomic mass is 10.2.